The number of nitrogens with zero attached hydrogens (tertiary/aromatic N) is 2. The van der Waals surface area contributed by atoms with Gasteiger partial charge in [0.2, 0.25) is 0 Å². The van der Waals surface area contributed by atoms with Crippen molar-refractivity contribution in [3.05, 3.63) is 29.8 Å². The van der Waals surface area contributed by atoms with E-state index in [4.69, 9.17) is 4.74 Å². The molecule has 0 saturated carbocycles. The number of ether oxygens (including phenoxy) is 1. The quantitative estimate of drug-likeness (QED) is 0.552. The highest BCUT2D eigenvalue weighted by Gasteiger charge is 2.28. The Labute approximate surface area is 158 Å². The van der Waals surface area contributed by atoms with Crippen LogP contribution in [0.4, 0.5) is 0 Å². The lowest BCUT2D eigenvalue weighted by molar-refractivity contribution is 0.281. The van der Waals surface area contributed by atoms with Crippen LogP contribution < -0.4 is 10.1 Å². The highest BCUT2D eigenvalue weighted by Crippen LogP contribution is 2.15. The van der Waals surface area contributed by atoms with Gasteiger partial charge < -0.3 is 15.0 Å². The minimum absolute atomic E-state index is 0.0408. The van der Waals surface area contributed by atoms with Gasteiger partial charge in [-0.25, -0.2) is 8.42 Å². The maximum atomic E-state index is 12.2. The predicted octanol–water partition coefficient (Wildman–Crippen LogP) is 2.48. The molecule has 0 bridgehead atoms. The third-order valence-electron chi connectivity index (χ3n) is 3.97. The van der Waals surface area contributed by atoms with Crippen molar-refractivity contribution in [1.82, 2.24) is 10.2 Å². The van der Waals surface area contributed by atoms with Crippen LogP contribution in [0, 0.1) is 6.92 Å². The highest BCUT2D eigenvalue weighted by molar-refractivity contribution is 7.92. The zero-order valence-corrected chi connectivity index (χ0v) is 17.7. The number of likely N-dealkylation sites (N-methyl/N-ethyl adjacent to an activating group) is 1. The van der Waals surface area contributed by atoms with Gasteiger partial charge in [0.15, 0.2) is 15.8 Å². The first-order valence-electron chi connectivity index (χ1n) is 8.98. The Kier molecular flexibility index (Phi) is 8.40. The molecule has 1 rings (SSSR count). The third-order valence-corrected chi connectivity index (χ3v) is 6.55. The van der Waals surface area contributed by atoms with E-state index in [-0.39, 0.29) is 12.3 Å². The van der Waals surface area contributed by atoms with Crippen LogP contribution in [0.5, 0.6) is 5.75 Å². The average molecular weight is 384 g/mol. The molecule has 0 spiro atoms. The zero-order valence-electron chi connectivity index (χ0n) is 16.9. The van der Waals surface area contributed by atoms with Crippen LogP contribution in [-0.4, -0.2) is 63.1 Å². The van der Waals surface area contributed by atoms with Gasteiger partial charge in [-0.3, -0.25) is 4.99 Å². The summed E-state index contributed by atoms with van der Waals surface area (Å²) in [5, 5.41) is 3.19. The smallest absolute Gasteiger partial charge is 0.193 e. The predicted molar refractivity (Wildman–Crippen MR) is 109 cm³/mol. The first kappa shape index (κ1) is 22.3. The van der Waals surface area contributed by atoms with Gasteiger partial charge in [-0.15, -0.1) is 0 Å². The Bertz CT molecular complexity index is 677. The van der Waals surface area contributed by atoms with E-state index in [1.807, 2.05) is 50.1 Å². The minimum Gasteiger partial charge on any atom is -0.492 e. The molecule has 0 atom stereocenters. The molecular formula is C19H33N3O3S. The lowest BCUT2D eigenvalue weighted by Gasteiger charge is -2.23. The topological polar surface area (TPSA) is 71.0 Å². The van der Waals surface area contributed by atoms with Crippen molar-refractivity contribution in [1.29, 1.82) is 0 Å². The van der Waals surface area contributed by atoms with Crippen molar-refractivity contribution < 1.29 is 13.2 Å². The van der Waals surface area contributed by atoms with Crippen LogP contribution in [0.3, 0.4) is 0 Å². The summed E-state index contributed by atoms with van der Waals surface area (Å²) in [5.41, 5.74) is 1.20. The molecule has 7 heteroatoms. The Morgan fingerprint density at radius 2 is 1.85 bits per heavy atom. The summed E-state index contributed by atoms with van der Waals surface area (Å²) in [6.45, 7) is 11.3. The van der Waals surface area contributed by atoms with Gasteiger partial charge in [0.25, 0.3) is 0 Å². The van der Waals surface area contributed by atoms with Crippen molar-refractivity contribution in [2.75, 3.05) is 39.0 Å². The number of aryl methyl sites for hydroxylation is 1. The van der Waals surface area contributed by atoms with Crippen molar-refractivity contribution >= 4 is 15.8 Å². The molecule has 0 radical (unpaired) electrons. The molecule has 0 aliphatic carbocycles. The van der Waals surface area contributed by atoms with E-state index < -0.39 is 14.6 Å². The fourth-order valence-corrected chi connectivity index (χ4v) is 3.03. The van der Waals surface area contributed by atoms with E-state index in [1.165, 1.54) is 5.56 Å². The number of rotatable bonds is 8. The third kappa shape index (κ3) is 7.23. The summed E-state index contributed by atoms with van der Waals surface area (Å²) in [5.74, 6) is 1.56. The molecule has 1 N–H and O–H groups in total. The van der Waals surface area contributed by atoms with Crippen LogP contribution >= 0.6 is 0 Å². The normalized spacial score (nSPS) is 12.8. The van der Waals surface area contributed by atoms with E-state index in [1.54, 1.807) is 20.8 Å². The second kappa shape index (κ2) is 9.80. The molecule has 1 aromatic rings. The summed E-state index contributed by atoms with van der Waals surface area (Å²) >= 11 is 0. The molecule has 148 valence electrons. The Hall–Kier alpha value is -1.76. The Morgan fingerprint density at radius 3 is 2.38 bits per heavy atom. The van der Waals surface area contributed by atoms with E-state index in [0.29, 0.717) is 25.7 Å². The van der Waals surface area contributed by atoms with E-state index in [9.17, 15) is 8.42 Å². The van der Waals surface area contributed by atoms with Crippen molar-refractivity contribution in [2.45, 2.75) is 39.4 Å². The van der Waals surface area contributed by atoms with Gasteiger partial charge in [0, 0.05) is 13.6 Å². The molecule has 0 aliphatic rings. The molecule has 6 nitrogen and oxygen atoms in total. The second-order valence-electron chi connectivity index (χ2n) is 7.25. The van der Waals surface area contributed by atoms with Crippen LogP contribution in [0.15, 0.2) is 29.3 Å². The van der Waals surface area contributed by atoms with E-state index >= 15 is 0 Å². The molecule has 0 saturated heterocycles. The SMILES string of the molecule is CCNC(=NCCS(=O)(=O)C(C)(C)C)N(C)CCOc1ccc(C)cc1. The summed E-state index contributed by atoms with van der Waals surface area (Å²) in [7, 11) is -1.25. The van der Waals surface area contributed by atoms with E-state index in [0.717, 1.165) is 5.75 Å². The molecular weight excluding hydrogens is 350 g/mol. The fraction of sp³-hybridized carbons (Fsp3) is 0.632. The number of hydrogen-bond donors (Lipinski definition) is 1. The molecule has 0 amide bonds. The first-order chi connectivity index (χ1) is 12.1. The monoisotopic (exact) mass is 383 g/mol. The largest absolute Gasteiger partial charge is 0.492 e. The summed E-state index contributed by atoms with van der Waals surface area (Å²) in [4.78, 5) is 6.39. The molecule has 1 aromatic carbocycles. The first-order valence-corrected chi connectivity index (χ1v) is 10.6. The molecule has 0 aliphatic heterocycles. The number of sulfone groups is 1. The number of nitrogens with one attached hydrogen (secondary N) is 1. The maximum absolute atomic E-state index is 12.2. The molecule has 0 fully saturated rings. The number of benzene rings is 1. The van der Waals surface area contributed by atoms with Gasteiger partial charge in [-0.2, -0.15) is 0 Å². The van der Waals surface area contributed by atoms with Gasteiger partial charge in [-0.05, 0) is 46.8 Å². The van der Waals surface area contributed by atoms with Gasteiger partial charge >= 0.3 is 0 Å². The minimum atomic E-state index is -3.17. The van der Waals surface area contributed by atoms with Crippen molar-refractivity contribution in [2.24, 2.45) is 4.99 Å². The lowest BCUT2D eigenvalue weighted by Crippen LogP contribution is -2.41. The Morgan fingerprint density at radius 1 is 1.23 bits per heavy atom. The van der Waals surface area contributed by atoms with Crippen LogP contribution in [0.25, 0.3) is 0 Å². The molecule has 26 heavy (non-hydrogen) atoms. The van der Waals surface area contributed by atoms with E-state index in [2.05, 4.69) is 10.3 Å². The van der Waals surface area contributed by atoms with Gasteiger partial charge in [-0.1, -0.05) is 17.7 Å². The number of guanidine groups is 1. The van der Waals surface area contributed by atoms with Gasteiger partial charge in [0.1, 0.15) is 12.4 Å². The lowest BCUT2D eigenvalue weighted by atomic mass is 10.2. The van der Waals surface area contributed by atoms with Crippen LogP contribution in [0.1, 0.15) is 33.3 Å². The second-order valence-corrected chi connectivity index (χ2v) is 10.1. The van der Waals surface area contributed by atoms with Gasteiger partial charge in [0.05, 0.1) is 23.6 Å². The zero-order chi connectivity index (χ0) is 19.8. The van der Waals surface area contributed by atoms with Crippen LogP contribution in [-0.2, 0) is 9.84 Å². The number of hydrogen-bond acceptors (Lipinski definition) is 4. The maximum Gasteiger partial charge on any atom is 0.193 e. The van der Waals surface area contributed by atoms with Crippen LogP contribution in [0.2, 0.25) is 0 Å². The van der Waals surface area contributed by atoms with Crippen molar-refractivity contribution in [3.8, 4) is 5.75 Å². The Balaban J connectivity index is 2.57. The standard InChI is InChI=1S/C19H33N3O3S/c1-7-20-18(21-12-15-26(23,24)19(3,4)5)22(6)13-14-25-17-10-8-16(2)9-11-17/h8-11H,7,12-15H2,1-6H3,(H,20,21). The van der Waals surface area contributed by atoms with Crippen molar-refractivity contribution in [3.63, 3.8) is 0 Å². The fourth-order valence-electron chi connectivity index (χ4n) is 2.09. The summed E-state index contributed by atoms with van der Waals surface area (Å²) < 4.78 is 29.4. The molecule has 0 aromatic heterocycles. The molecule has 0 unspecified atom stereocenters. The summed E-state index contributed by atoms with van der Waals surface area (Å²) in [6, 6.07) is 7.93. The highest BCUT2D eigenvalue weighted by atomic mass is 32.2. The molecule has 0 heterocycles. The average Bonchev–Trinajstić information content (AvgIpc) is 2.54. The summed E-state index contributed by atoms with van der Waals surface area (Å²) in [6.07, 6.45) is 0. The number of aliphatic imine (C=N–C) groups is 1.